The molecule has 0 aromatic rings. The van der Waals surface area contributed by atoms with Crippen LogP contribution in [0.25, 0.3) is 0 Å². The van der Waals surface area contributed by atoms with Crippen LogP contribution < -0.4 is 10.6 Å². The normalized spacial score (nSPS) is 14.5. The summed E-state index contributed by atoms with van der Waals surface area (Å²) in [5.74, 6) is 0.370. The van der Waals surface area contributed by atoms with Gasteiger partial charge < -0.3 is 34.3 Å². The van der Waals surface area contributed by atoms with Gasteiger partial charge in [0.25, 0.3) is 0 Å². The molecule has 1 aliphatic rings. The molecule has 0 unspecified atom stereocenters. The highest BCUT2D eigenvalue weighted by Crippen LogP contribution is 2.09. The molecule has 0 bridgehead atoms. The number of carbonyl (C=O) groups is 4. The molecular formula is C20H30N2O9. The Hall–Kier alpha value is -3.24. The van der Waals surface area contributed by atoms with Crippen LogP contribution in [0.3, 0.4) is 0 Å². The number of allylic oxidation sites excluding steroid dienone is 1. The lowest BCUT2D eigenvalue weighted by Crippen LogP contribution is -2.26. The number of esters is 1. The van der Waals surface area contributed by atoms with Crippen molar-refractivity contribution < 1.29 is 42.9 Å². The first-order valence-electron chi connectivity index (χ1n) is 10.1. The number of amides is 2. The molecule has 0 aromatic heterocycles. The predicted molar refractivity (Wildman–Crippen MR) is 108 cm³/mol. The maximum atomic E-state index is 11.6. The fraction of sp³-hybridized carbons (Fsp3) is 0.600. The number of ether oxygens (including phenoxy) is 5. The first-order valence-corrected chi connectivity index (χ1v) is 10.1. The van der Waals surface area contributed by atoms with Gasteiger partial charge in [-0.15, -0.1) is 0 Å². The van der Waals surface area contributed by atoms with E-state index in [1.807, 2.05) is 6.92 Å². The molecule has 1 aliphatic heterocycles. The van der Waals surface area contributed by atoms with E-state index in [0.29, 0.717) is 31.0 Å². The molecule has 0 aliphatic carbocycles. The van der Waals surface area contributed by atoms with Gasteiger partial charge in [-0.25, -0.2) is 14.4 Å². The Morgan fingerprint density at radius 1 is 1.00 bits per heavy atom. The second kappa shape index (κ2) is 15.6. The molecule has 1 fully saturated rings. The Kier molecular flexibility index (Phi) is 13.0. The van der Waals surface area contributed by atoms with Gasteiger partial charge in [0.05, 0.1) is 0 Å². The lowest BCUT2D eigenvalue weighted by molar-refractivity contribution is -0.137. The average Bonchev–Trinajstić information content (AvgIpc) is 3.13. The number of nitrogens with one attached hydrogen (secondary N) is 2. The van der Waals surface area contributed by atoms with E-state index in [4.69, 9.17) is 14.2 Å². The third-order valence-corrected chi connectivity index (χ3v) is 3.86. The second-order valence-corrected chi connectivity index (χ2v) is 6.39. The zero-order valence-corrected chi connectivity index (χ0v) is 17.9. The van der Waals surface area contributed by atoms with Gasteiger partial charge in [0.1, 0.15) is 24.7 Å². The zero-order valence-electron chi connectivity index (χ0n) is 17.9. The van der Waals surface area contributed by atoms with Crippen LogP contribution in [0.4, 0.5) is 14.4 Å². The van der Waals surface area contributed by atoms with E-state index < -0.39 is 24.3 Å². The molecular weight excluding hydrogens is 412 g/mol. The van der Waals surface area contributed by atoms with Crippen LogP contribution in [-0.4, -0.2) is 57.2 Å². The van der Waals surface area contributed by atoms with Gasteiger partial charge in [0, 0.05) is 26.4 Å². The Morgan fingerprint density at radius 3 is 2.13 bits per heavy atom. The number of alkyl carbamates (subject to hydrolysis) is 2. The third-order valence-electron chi connectivity index (χ3n) is 3.86. The minimum Gasteiger partial charge on any atom is -0.445 e. The van der Waals surface area contributed by atoms with Gasteiger partial charge in [-0.3, -0.25) is 4.79 Å². The molecule has 31 heavy (non-hydrogen) atoms. The van der Waals surface area contributed by atoms with Crippen LogP contribution in [0.5, 0.6) is 0 Å². The Bertz CT molecular complexity index is 674. The van der Waals surface area contributed by atoms with Crippen LogP contribution in [0, 0.1) is 0 Å². The fourth-order valence-corrected chi connectivity index (χ4v) is 2.35. The summed E-state index contributed by atoms with van der Waals surface area (Å²) < 4.78 is 24.1. The minimum atomic E-state index is -0.762. The summed E-state index contributed by atoms with van der Waals surface area (Å²) in [5, 5.41) is 5.26. The lowest BCUT2D eigenvalue weighted by Gasteiger charge is -2.07. The average molecular weight is 442 g/mol. The SMILES string of the molecule is CC/C(=C/COC(=O)NCCCCCCNC(=O)OC/C=C1\COC(=O)O1)OC(C)=O. The van der Waals surface area contributed by atoms with Gasteiger partial charge in [-0.2, -0.15) is 0 Å². The van der Waals surface area contributed by atoms with Crippen molar-refractivity contribution in [3.63, 3.8) is 0 Å². The molecule has 0 spiro atoms. The molecule has 0 radical (unpaired) electrons. The summed E-state index contributed by atoms with van der Waals surface area (Å²) in [5.41, 5.74) is 0. The number of cyclic esters (lactones) is 2. The van der Waals surface area contributed by atoms with E-state index >= 15 is 0 Å². The number of rotatable bonds is 13. The summed E-state index contributed by atoms with van der Waals surface area (Å²) in [6.45, 7) is 4.15. The molecule has 0 saturated carbocycles. The van der Waals surface area contributed by atoms with Crippen molar-refractivity contribution in [2.75, 3.05) is 32.9 Å². The van der Waals surface area contributed by atoms with Gasteiger partial charge >= 0.3 is 24.3 Å². The van der Waals surface area contributed by atoms with E-state index in [-0.39, 0.29) is 19.8 Å². The van der Waals surface area contributed by atoms with E-state index in [9.17, 15) is 19.2 Å². The Labute approximate surface area is 181 Å². The summed E-state index contributed by atoms with van der Waals surface area (Å²) >= 11 is 0. The lowest BCUT2D eigenvalue weighted by atomic mass is 10.2. The number of carbonyl (C=O) groups excluding carboxylic acids is 4. The van der Waals surface area contributed by atoms with Crippen LogP contribution >= 0.6 is 0 Å². The molecule has 11 heteroatoms. The van der Waals surface area contributed by atoms with E-state index in [1.165, 1.54) is 13.0 Å². The van der Waals surface area contributed by atoms with Crippen molar-refractivity contribution in [2.24, 2.45) is 0 Å². The molecule has 1 heterocycles. The zero-order chi connectivity index (χ0) is 22.9. The van der Waals surface area contributed by atoms with Crippen molar-refractivity contribution in [2.45, 2.75) is 46.0 Å². The first kappa shape index (κ1) is 25.8. The van der Waals surface area contributed by atoms with Crippen LogP contribution in [0.1, 0.15) is 46.0 Å². The van der Waals surface area contributed by atoms with Gasteiger partial charge in [0.2, 0.25) is 0 Å². The summed E-state index contributed by atoms with van der Waals surface area (Å²) in [7, 11) is 0. The first-order chi connectivity index (χ1) is 14.9. The largest absolute Gasteiger partial charge is 0.514 e. The molecule has 2 N–H and O–H groups in total. The van der Waals surface area contributed by atoms with Gasteiger partial charge in [-0.05, 0) is 25.0 Å². The molecule has 11 nitrogen and oxygen atoms in total. The van der Waals surface area contributed by atoms with Crippen molar-refractivity contribution in [1.82, 2.24) is 10.6 Å². The van der Waals surface area contributed by atoms with E-state index in [2.05, 4.69) is 20.1 Å². The van der Waals surface area contributed by atoms with Gasteiger partial charge in [0.15, 0.2) is 6.61 Å². The molecule has 2 amide bonds. The van der Waals surface area contributed by atoms with Crippen LogP contribution in [0.15, 0.2) is 23.7 Å². The maximum Gasteiger partial charge on any atom is 0.514 e. The predicted octanol–water partition coefficient (Wildman–Crippen LogP) is 2.91. The minimum absolute atomic E-state index is 0.0150. The number of unbranched alkanes of at least 4 members (excludes halogenated alkanes) is 3. The molecule has 174 valence electrons. The van der Waals surface area contributed by atoms with Crippen LogP contribution in [0.2, 0.25) is 0 Å². The standard InChI is InChI=1S/C20H30N2O9/c1-3-16(30-15(2)23)8-12-27-18(24)21-10-6-4-5-7-11-22-19(25)28-13-9-17-14-29-20(26)31-17/h8-9H,3-7,10-14H2,1-2H3,(H,21,24)(H,22,25)/b16-8-,17-9+. The highest BCUT2D eigenvalue weighted by molar-refractivity contribution is 5.68. The highest BCUT2D eigenvalue weighted by Gasteiger charge is 2.18. The number of hydrogen-bond acceptors (Lipinski definition) is 9. The highest BCUT2D eigenvalue weighted by atomic mass is 16.8. The van der Waals surface area contributed by atoms with Gasteiger partial charge in [-0.1, -0.05) is 19.8 Å². The smallest absolute Gasteiger partial charge is 0.445 e. The summed E-state index contributed by atoms with van der Waals surface area (Å²) in [6.07, 6.45) is 4.98. The molecule has 1 rings (SSSR count). The van der Waals surface area contributed by atoms with Crippen molar-refractivity contribution in [1.29, 1.82) is 0 Å². The monoisotopic (exact) mass is 442 g/mol. The van der Waals surface area contributed by atoms with Crippen LogP contribution in [-0.2, 0) is 28.5 Å². The van der Waals surface area contributed by atoms with Crippen molar-refractivity contribution >= 4 is 24.3 Å². The van der Waals surface area contributed by atoms with E-state index in [1.54, 1.807) is 6.08 Å². The molecule has 0 atom stereocenters. The Morgan fingerprint density at radius 2 is 1.61 bits per heavy atom. The van der Waals surface area contributed by atoms with Crippen molar-refractivity contribution in [3.05, 3.63) is 23.7 Å². The molecule has 0 aromatic carbocycles. The quantitative estimate of drug-likeness (QED) is 0.191. The number of hydrogen-bond donors (Lipinski definition) is 2. The third kappa shape index (κ3) is 13.6. The summed E-state index contributed by atoms with van der Waals surface area (Å²) in [4.78, 5) is 44.7. The summed E-state index contributed by atoms with van der Waals surface area (Å²) in [6, 6.07) is 0. The Balaban J connectivity index is 1.94. The van der Waals surface area contributed by atoms with Crippen molar-refractivity contribution in [3.8, 4) is 0 Å². The molecule has 1 saturated heterocycles. The van der Waals surface area contributed by atoms with E-state index in [0.717, 1.165) is 25.7 Å². The topological polar surface area (TPSA) is 138 Å². The fourth-order valence-electron chi connectivity index (χ4n) is 2.35. The second-order valence-electron chi connectivity index (χ2n) is 6.39. The maximum absolute atomic E-state index is 11.6.